The van der Waals surface area contributed by atoms with E-state index in [9.17, 15) is 9.18 Å². The lowest BCUT2D eigenvalue weighted by atomic mass is 10.2. The number of morpholine rings is 1. The van der Waals surface area contributed by atoms with Gasteiger partial charge in [-0.3, -0.25) is 4.79 Å². The Bertz CT molecular complexity index is 677. The topological polar surface area (TPSA) is 41.9 Å². The van der Waals surface area contributed by atoms with E-state index in [-0.39, 0.29) is 28.7 Å². The molecule has 1 aromatic carbocycles. The van der Waals surface area contributed by atoms with Crippen molar-refractivity contribution >= 4 is 40.5 Å². The van der Waals surface area contributed by atoms with E-state index in [1.54, 1.807) is 6.07 Å². The summed E-state index contributed by atoms with van der Waals surface area (Å²) in [5.41, 5.74) is 0.213. The number of rotatable bonds is 1. The quantitative estimate of drug-likeness (QED) is 0.723. The van der Waals surface area contributed by atoms with E-state index >= 15 is 0 Å². The summed E-state index contributed by atoms with van der Waals surface area (Å²) in [5, 5.41) is 0.906. The van der Waals surface area contributed by atoms with Crippen LogP contribution in [0.5, 0.6) is 0 Å². The Balaban J connectivity index is 1.81. The number of ether oxygens (including phenoxy) is 1. The summed E-state index contributed by atoms with van der Waals surface area (Å²) < 4.78 is 19.6. The van der Waals surface area contributed by atoms with Gasteiger partial charge in [0.15, 0.2) is 5.17 Å². The van der Waals surface area contributed by atoms with Crippen LogP contribution in [-0.4, -0.2) is 41.3 Å². The molecule has 0 saturated carbocycles. The molecule has 0 aromatic heterocycles. The fourth-order valence-electron chi connectivity index (χ4n) is 2.65. The monoisotopic (exact) mass is 354 g/mol. The molecule has 1 fully saturated rings. The first-order valence-electron chi connectivity index (χ1n) is 7.31. The maximum Gasteiger partial charge on any atom is 0.286 e. The molecule has 1 saturated heterocycles. The van der Waals surface area contributed by atoms with Crippen LogP contribution in [0.15, 0.2) is 28.1 Å². The summed E-state index contributed by atoms with van der Waals surface area (Å²) in [6.07, 6.45) is 1.62. The fraction of sp³-hybridized carbons (Fsp3) is 0.375. The Labute approximate surface area is 143 Å². The van der Waals surface area contributed by atoms with Crippen LogP contribution in [0.2, 0.25) is 5.02 Å². The van der Waals surface area contributed by atoms with Crippen LogP contribution in [-0.2, 0) is 9.53 Å². The van der Waals surface area contributed by atoms with Gasteiger partial charge in [-0.2, -0.15) is 4.99 Å². The van der Waals surface area contributed by atoms with Crippen LogP contribution in [0.1, 0.15) is 19.4 Å². The maximum absolute atomic E-state index is 13.9. The van der Waals surface area contributed by atoms with Gasteiger partial charge in [-0.05, 0) is 43.8 Å². The zero-order valence-corrected chi connectivity index (χ0v) is 14.3. The lowest BCUT2D eigenvalue weighted by molar-refractivity contribution is -0.113. The van der Waals surface area contributed by atoms with Gasteiger partial charge in [-0.1, -0.05) is 17.7 Å². The molecule has 2 aliphatic heterocycles. The molecule has 0 bridgehead atoms. The van der Waals surface area contributed by atoms with Crippen molar-refractivity contribution in [2.24, 2.45) is 4.99 Å². The Morgan fingerprint density at radius 3 is 2.74 bits per heavy atom. The van der Waals surface area contributed by atoms with Gasteiger partial charge >= 0.3 is 0 Å². The third-order valence-electron chi connectivity index (χ3n) is 3.57. The molecular formula is C16H16ClFN2O2S. The number of amidine groups is 1. The van der Waals surface area contributed by atoms with Crippen molar-refractivity contribution in [3.8, 4) is 0 Å². The number of halogens is 2. The lowest BCUT2D eigenvalue weighted by Crippen LogP contribution is -2.47. The van der Waals surface area contributed by atoms with E-state index in [1.807, 2.05) is 18.7 Å². The van der Waals surface area contributed by atoms with Gasteiger partial charge in [0.25, 0.3) is 5.91 Å². The normalized spacial score (nSPS) is 26.8. The van der Waals surface area contributed by atoms with Crippen LogP contribution in [0.25, 0.3) is 6.08 Å². The van der Waals surface area contributed by atoms with Crippen molar-refractivity contribution in [1.29, 1.82) is 0 Å². The van der Waals surface area contributed by atoms with Gasteiger partial charge < -0.3 is 9.64 Å². The number of carbonyl (C=O) groups excluding carboxylic acids is 1. The third-order valence-corrected chi connectivity index (χ3v) is 4.95. The summed E-state index contributed by atoms with van der Waals surface area (Å²) in [6.45, 7) is 5.33. The maximum atomic E-state index is 13.9. The summed E-state index contributed by atoms with van der Waals surface area (Å²) in [5.74, 6) is -0.823. The predicted octanol–water partition coefficient (Wildman–Crippen LogP) is 3.56. The highest BCUT2D eigenvalue weighted by Crippen LogP contribution is 2.33. The highest BCUT2D eigenvalue weighted by atomic mass is 35.5. The standard InChI is InChI=1S/C16H16ClFN2O2S/c1-9-7-20(8-10(2)22-9)16-19-15(21)14(23-16)6-11-12(17)4-3-5-13(11)18/h3-6,9-10H,7-8H2,1-2H3/b14-6-/t9-,10-/m0/s1. The highest BCUT2D eigenvalue weighted by Gasteiger charge is 2.31. The molecule has 3 rings (SSSR count). The molecule has 0 radical (unpaired) electrons. The summed E-state index contributed by atoms with van der Waals surface area (Å²) in [4.78, 5) is 18.6. The molecule has 0 spiro atoms. The van der Waals surface area contributed by atoms with E-state index in [0.717, 1.165) is 0 Å². The Morgan fingerprint density at radius 1 is 1.39 bits per heavy atom. The number of nitrogens with zero attached hydrogens (tertiary/aromatic N) is 2. The van der Waals surface area contributed by atoms with E-state index in [1.165, 1.54) is 30.0 Å². The zero-order chi connectivity index (χ0) is 16.6. The number of aliphatic imine (C=N–C) groups is 1. The van der Waals surface area contributed by atoms with E-state index in [0.29, 0.717) is 23.2 Å². The molecule has 1 aromatic rings. The van der Waals surface area contributed by atoms with Crippen molar-refractivity contribution in [3.63, 3.8) is 0 Å². The van der Waals surface area contributed by atoms with E-state index < -0.39 is 5.82 Å². The third kappa shape index (κ3) is 3.59. The molecule has 4 nitrogen and oxygen atoms in total. The minimum Gasteiger partial charge on any atom is -0.372 e. The second-order valence-electron chi connectivity index (χ2n) is 5.61. The summed E-state index contributed by atoms with van der Waals surface area (Å²) >= 11 is 7.26. The van der Waals surface area contributed by atoms with E-state index in [2.05, 4.69) is 4.99 Å². The predicted molar refractivity (Wildman–Crippen MR) is 91.0 cm³/mol. The zero-order valence-electron chi connectivity index (χ0n) is 12.8. The van der Waals surface area contributed by atoms with Crippen LogP contribution < -0.4 is 0 Å². The molecule has 23 heavy (non-hydrogen) atoms. The summed E-state index contributed by atoms with van der Waals surface area (Å²) in [7, 11) is 0. The average Bonchev–Trinajstić information content (AvgIpc) is 2.83. The SMILES string of the molecule is C[C@H]1CN(C2=NC(=O)/C(=C/c3c(F)cccc3Cl)S2)C[C@H](C)O1. The first-order chi connectivity index (χ1) is 10.9. The molecule has 2 heterocycles. The number of thioether (sulfide) groups is 1. The molecular weight excluding hydrogens is 339 g/mol. The van der Waals surface area contributed by atoms with Crippen molar-refractivity contribution in [1.82, 2.24) is 4.90 Å². The average molecular weight is 355 g/mol. The van der Waals surface area contributed by atoms with Crippen molar-refractivity contribution in [3.05, 3.63) is 39.5 Å². The number of benzene rings is 1. The molecule has 1 amide bonds. The van der Waals surface area contributed by atoms with Crippen LogP contribution in [0.3, 0.4) is 0 Å². The number of hydrogen-bond acceptors (Lipinski definition) is 4. The van der Waals surface area contributed by atoms with Crippen molar-refractivity contribution < 1.29 is 13.9 Å². The first kappa shape index (κ1) is 16.5. The van der Waals surface area contributed by atoms with Crippen LogP contribution in [0, 0.1) is 5.82 Å². The highest BCUT2D eigenvalue weighted by molar-refractivity contribution is 8.18. The van der Waals surface area contributed by atoms with E-state index in [4.69, 9.17) is 16.3 Å². The molecule has 122 valence electrons. The fourth-order valence-corrected chi connectivity index (χ4v) is 3.78. The van der Waals surface area contributed by atoms with Gasteiger partial charge in [0.1, 0.15) is 5.82 Å². The van der Waals surface area contributed by atoms with Gasteiger partial charge in [-0.15, -0.1) is 0 Å². The van der Waals surface area contributed by atoms with Crippen LogP contribution >= 0.6 is 23.4 Å². The van der Waals surface area contributed by atoms with Gasteiger partial charge in [0.05, 0.1) is 22.1 Å². The molecule has 0 unspecified atom stereocenters. The van der Waals surface area contributed by atoms with Crippen molar-refractivity contribution in [2.45, 2.75) is 26.1 Å². The minimum atomic E-state index is -0.458. The van der Waals surface area contributed by atoms with Crippen LogP contribution in [0.4, 0.5) is 4.39 Å². The second-order valence-corrected chi connectivity index (χ2v) is 7.02. The number of hydrogen-bond donors (Lipinski definition) is 0. The molecule has 0 N–H and O–H groups in total. The Kier molecular flexibility index (Phi) is 4.75. The number of carbonyl (C=O) groups is 1. The number of amides is 1. The second kappa shape index (κ2) is 6.63. The smallest absolute Gasteiger partial charge is 0.286 e. The molecule has 2 atom stereocenters. The summed E-state index contributed by atoms with van der Waals surface area (Å²) in [6, 6.07) is 4.44. The molecule has 0 aliphatic carbocycles. The lowest BCUT2D eigenvalue weighted by Gasteiger charge is -2.35. The Morgan fingerprint density at radius 2 is 2.09 bits per heavy atom. The van der Waals surface area contributed by atoms with Crippen molar-refractivity contribution in [2.75, 3.05) is 13.1 Å². The molecule has 2 aliphatic rings. The molecule has 7 heteroatoms. The first-order valence-corrected chi connectivity index (χ1v) is 8.50. The van der Waals surface area contributed by atoms with Gasteiger partial charge in [-0.25, -0.2) is 4.39 Å². The van der Waals surface area contributed by atoms with Gasteiger partial charge in [0.2, 0.25) is 0 Å². The van der Waals surface area contributed by atoms with Gasteiger partial charge in [0, 0.05) is 18.7 Å². The Hall–Kier alpha value is -1.37. The minimum absolute atomic E-state index is 0.0752. The largest absolute Gasteiger partial charge is 0.372 e.